The molecule has 5 N–H and O–H groups in total. The maximum absolute atomic E-state index is 14.1. The molecule has 9 heteroatoms. The number of hydrogen-bond acceptors (Lipinski definition) is 6. The molecule has 0 bridgehead atoms. The summed E-state index contributed by atoms with van der Waals surface area (Å²) in [5.41, 5.74) is 7.54. The van der Waals surface area contributed by atoms with Gasteiger partial charge in [0.1, 0.15) is 0 Å². The van der Waals surface area contributed by atoms with Gasteiger partial charge in [0.25, 0.3) is 5.91 Å². The van der Waals surface area contributed by atoms with Gasteiger partial charge in [0.05, 0.1) is 37.0 Å². The lowest BCUT2D eigenvalue weighted by Crippen LogP contribution is -2.43. The molecule has 4 aromatic rings. The lowest BCUT2D eigenvalue weighted by atomic mass is 9.95. The van der Waals surface area contributed by atoms with Crippen LogP contribution in [0.5, 0.6) is 5.75 Å². The number of hydrogen-bond donors (Lipinski definition) is 4. The summed E-state index contributed by atoms with van der Waals surface area (Å²) >= 11 is 0. The minimum absolute atomic E-state index is 0.131. The number of aliphatic hydroxyl groups is 3. The number of methoxy groups -OCH3 is 1. The molecule has 0 spiro atoms. The molecule has 1 aliphatic heterocycles. The number of benzene rings is 3. The van der Waals surface area contributed by atoms with Crippen molar-refractivity contribution in [3.63, 3.8) is 0 Å². The molecule has 0 radical (unpaired) electrons. The molecular formula is C28H31FN2O6. The molecule has 5 rings (SSSR count). The van der Waals surface area contributed by atoms with Crippen molar-refractivity contribution in [3.8, 4) is 5.75 Å². The van der Waals surface area contributed by atoms with Gasteiger partial charge in [-0.3, -0.25) is 4.79 Å². The van der Waals surface area contributed by atoms with Crippen LogP contribution in [0, 0.1) is 11.7 Å². The highest BCUT2D eigenvalue weighted by Crippen LogP contribution is 2.29. The Morgan fingerprint density at radius 1 is 1.16 bits per heavy atom. The molecule has 1 saturated heterocycles. The van der Waals surface area contributed by atoms with Crippen LogP contribution in [-0.4, -0.2) is 58.0 Å². The molecule has 4 unspecified atom stereocenters. The van der Waals surface area contributed by atoms with Gasteiger partial charge >= 0.3 is 0 Å². The Morgan fingerprint density at radius 2 is 1.89 bits per heavy atom. The van der Waals surface area contributed by atoms with Crippen LogP contribution in [0.2, 0.25) is 0 Å². The predicted octanol–water partition coefficient (Wildman–Crippen LogP) is 3.17. The molecule has 4 atom stereocenters. The molecule has 3 aromatic carbocycles. The highest BCUT2D eigenvalue weighted by Gasteiger charge is 2.33. The third-order valence-corrected chi connectivity index (χ3v) is 6.68. The van der Waals surface area contributed by atoms with Crippen molar-refractivity contribution in [2.45, 2.75) is 38.4 Å². The molecule has 8 nitrogen and oxygen atoms in total. The van der Waals surface area contributed by atoms with Crippen molar-refractivity contribution in [1.82, 2.24) is 4.57 Å². The van der Waals surface area contributed by atoms with Gasteiger partial charge in [-0.05, 0) is 28.5 Å². The number of amides is 1. The van der Waals surface area contributed by atoms with E-state index in [-0.39, 0.29) is 18.3 Å². The number of ether oxygens (including phenoxy) is 2. The van der Waals surface area contributed by atoms with Gasteiger partial charge in [0.15, 0.2) is 17.9 Å². The number of carbonyl (C=O) groups is 1. The van der Waals surface area contributed by atoms with Crippen LogP contribution in [0.15, 0.2) is 60.8 Å². The average molecular weight is 511 g/mol. The minimum Gasteiger partial charge on any atom is -0.494 e. The zero-order valence-corrected chi connectivity index (χ0v) is 20.7. The monoisotopic (exact) mass is 510 g/mol. The quantitative estimate of drug-likeness (QED) is 0.327. The van der Waals surface area contributed by atoms with Gasteiger partial charge in [-0.25, -0.2) is 4.39 Å². The largest absolute Gasteiger partial charge is 0.494 e. The van der Waals surface area contributed by atoms with Crippen LogP contribution in [-0.2, 0) is 11.3 Å². The van der Waals surface area contributed by atoms with Crippen LogP contribution < -0.4 is 10.5 Å². The van der Waals surface area contributed by atoms with Crippen LogP contribution in [0.3, 0.4) is 0 Å². The number of rotatable bonds is 5. The molecule has 1 fully saturated rings. The van der Waals surface area contributed by atoms with Gasteiger partial charge in [0.2, 0.25) is 0 Å². The van der Waals surface area contributed by atoms with Gasteiger partial charge in [-0.1, -0.05) is 43.3 Å². The van der Waals surface area contributed by atoms with Crippen molar-refractivity contribution >= 4 is 27.6 Å². The first-order valence-electron chi connectivity index (χ1n) is 12.0. The van der Waals surface area contributed by atoms with E-state index in [1.54, 1.807) is 19.2 Å². The Kier molecular flexibility index (Phi) is 8.09. The fourth-order valence-electron chi connectivity index (χ4n) is 4.48. The minimum atomic E-state index is -0.948. The number of aliphatic hydroxyl groups excluding tert-OH is 3. The number of halogens is 1. The first-order valence-corrected chi connectivity index (χ1v) is 12.0. The molecule has 0 aliphatic carbocycles. The van der Waals surface area contributed by atoms with E-state index in [0.29, 0.717) is 29.4 Å². The van der Waals surface area contributed by atoms with Crippen molar-refractivity contribution < 1.29 is 34.0 Å². The first kappa shape index (κ1) is 26.6. The lowest BCUT2D eigenvalue weighted by molar-refractivity contribution is -0.226. The summed E-state index contributed by atoms with van der Waals surface area (Å²) in [6.45, 7) is 2.09. The molecular weight excluding hydrogens is 479 g/mol. The van der Waals surface area contributed by atoms with Crippen molar-refractivity contribution in [2.75, 3.05) is 13.7 Å². The van der Waals surface area contributed by atoms with E-state index in [9.17, 15) is 14.3 Å². The second kappa shape index (κ2) is 11.3. The summed E-state index contributed by atoms with van der Waals surface area (Å²) < 4.78 is 26.0. The van der Waals surface area contributed by atoms with E-state index in [4.69, 9.17) is 25.4 Å². The predicted molar refractivity (Wildman–Crippen MR) is 138 cm³/mol. The Labute approximate surface area is 213 Å². The third kappa shape index (κ3) is 5.75. The molecule has 0 saturated carbocycles. The number of nitrogens with two attached hydrogens (primary N) is 1. The second-order valence-corrected chi connectivity index (χ2v) is 9.21. The normalized spacial score (nSPS) is 21.5. The highest BCUT2D eigenvalue weighted by molar-refractivity contribution is 6.06. The highest BCUT2D eigenvalue weighted by atomic mass is 19.1. The summed E-state index contributed by atoms with van der Waals surface area (Å²) in [5, 5.41) is 29.9. The van der Waals surface area contributed by atoms with Crippen LogP contribution >= 0.6 is 0 Å². The fourth-order valence-corrected chi connectivity index (χ4v) is 4.48. The number of nitrogens with zero attached hydrogens (tertiary/aromatic N) is 1. The topological polar surface area (TPSA) is 127 Å². The standard InChI is InChI=1S/C21H17FN2O2.C7H14O4/c1-26-20-10-19-16(9-18(20)22)17(21(23)25)12-24(19)11-13-6-7-14-4-2-3-5-15(14)8-13;1-4-6(9)2-5(3-8)11-7(4)10/h2-10,12H,11H2,1H3,(H2,23,25);4-10H,2-3H2,1H3. The lowest BCUT2D eigenvalue weighted by Gasteiger charge is -2.34. The summed E-state index contributed by atoms with van der Waals surface area (Å²) in [5.74, 6) is -1.24. The van der Waals surface area contributed by atoms with Gasteiger partial charge in [-0.15, -0.1) is 0 Å². The van der Waals surface area contributed by atoms with E-state index < -0.39 is 30.2 Å². The molecule has 196 valence electrons. The summed E-state index contributed by atoms with van der Waals surface area (Å²) in [6.07, 6.45) is 0.124. The van der Waals surface area contributed by atoms with Crippen LogP contribution in [0.1, 0.15) is 29.3 Å². The third-order valence-electron chi connectivity index (χ3n) is 6.68. The Bertz CT molecular complexity index is 1390. The van der Waals surface area contributed by atoms with Gasteiger partial charge < -0.3 is 35.1 Å². The Morgan fingerprint density at radius 3 is 2.54 bits per heavy atom. The zero-order valence-electron chi connectivity index (χ0n) is 20.7. The number of carbonyl (C=O) groups excluding carboxylic acids is 1. The van der Waals surface area contributed by atoms with Crippen LogP contribution in [0.4, 0.5) is 4.39 Å². The van der Waals surface area contributed by atoms with Gasteiger partial charge in [-0.2, -0.15) is 0 Å². The zero-order chi connectivity index (χ0) is 26.7. The number of aromatic nitrogens is 1. The van der Waals surface area contributed by atoms with E-state index in [2.05, 4.69) is 24.3 Å². The van der Waals surface area contributed by atoms with Crippen molar-refractivity contribution in [1.29, 1.82) is 0 Å². The summed E-state index contributed by atoms with van der Waals surface area (Å²) in [4.78, 5) is 11.8. The smallest absolute Gasteiger partial charge is 0.250 e. The SMILES string of the molecule is CC1C(O)CC(CO)OC1O.COc1cc2c(cc1F)c(C(N)=O)cn2Cc1ccc2ccccc2c1. The van der Waals surface area contributed by atoms with Crippen molar-refractivity contribution in [2.24, 2.45) is 11.7 Å². The summed E-state index contributed by atoms with van der Waals surface area (Å²) in [6, 6.07) is 17.2. The molecule has 37 heavy (non-hydrogen) atoms. The van der Waals surface area contributed by atoms with E-state index in [0.717, 1.165) is 16.3 Å². The van der Waals surface area contributed by atoms with E-state index in [1.165, 1.54) is 13.2 Å². The van der Waals surface area contributed by atoms with Gasteiger partial charge in [0, 0.05) is 36.5 Å². The fraction of sp³-hybridized carbons (Fsp3) is 0.321. The summed E-state index contributed by atoms with van der Waals surface area (Å²) in [7, 11) is 1.41. The molecule has 1 aliphatic rings. The van der Waals surface area contributed by atoms with Crippen molar-refractivity contribution in [3.05, 3.63) is 77.7 Å². The molecule has 2 heterocycles. The first-order chi connectivity index (χ1) is 17.7. The number of primary amides is 1. The maximum Gasteiger partial charge on any atom is 0.250 e. The molecule has 1 amide bonds. The van der Waals surface area contributed by atoms with E-state index in [1.807, 2.05) is 22.8 Å². The second-order valence-electron chi connectivity index (χ2n) is 9.21. The van der Waals surface area contributed by atoms with E-state index >= 15 is 0 Å². The average Bonchev–Trinajstić information content (AvgIpc) is 3.23. The maximum atomic E-state index is 14.1. The molecule has 1 aromatic heterocycles. The Balaban J connectivity index is 0.000000245. The Hall–Kier alpha value is -3.50. The number of fused-ring (bicyclic) bond motifs is 2. The van der Waals surface area contributed by atoms with Crippen LogP contribution in [0.25, 0.3) is 21.7 Å².